The zero-order chi connectivity index (χ0) is 14.8. The molecule has 0 radical (unpaired) electrons. The number of aliphatic carboxylic acids is 2. The monoisotopic (exact) mass is 274 g/mol. The minimum Gasteiger partial charge on any atom is -0.481 e. The molecule has 110 valence electrons. The number of rotatable bonds is 10. The van der Waals surface area contributed by atoms with Gasteiger partial charge in [-0.2, -0.15) is 0 Å². The van der Waals surface area contributed by atoms with Crippen LogP contribution in [0.15, 0.2) is 0 Å². The molecular formula is C12H22N2O5. The van der Waals surface area contributed by atoms with Gasteiger partial charge < -0.3 is 20.8 Å². The molecule has 7 heteroatoms. The SMILES string of the molecule is CC(C)CCNC(=O)C(CC(=O)O)NCCC(=O)O. The van der Waals surface area contributed by atoms with Crippen LogP contribution in [0.3, 0.4) is 0 Å². The molecule has 19 heavy (non-hydrogen) atoms. The number of nitrogens with one attached hydrogen (secondary N) is 2. The first-order valence-electron chi connectivity index (χ1n) is 6.27. The Morgan fingerprint density at radius 2 is 1.68 bits per heavy atom. The summed E-state index contributed by atoms with van der Waals surface area (Å²) in [6, 6.07) is -0.899. The van der Waals surface area contributed by atoms with E-state index < -0.39 is 23.9 Å². The highest BCUT2D eigenvalue weighted by Crippen LogP contribution is 1.98. The van der Waals surface area contributed by atoms with Crippen LogP contribution in [0.4, 0.5) is 0 Å². The van der Waals surface area contributed by atoms with E-state index in [1.165, 1.54) is 0 Å². The van der Waals surface area contributed by atoms with Gasteiger partial charge in [0.1, 0.15) is 0 Å². The van der Waals surface area contributed by atoms with Crippen molar-refractivity contribution in [2.45, 2.75) is 39.2 Å². The zero-order valence-corrected chi connectivity index (χ0v) is 11.3. The summed E-state index contributed by atoms with van der Waals surface area (Å²) in [5.74, 6) is -2.07. The van der Waals surface area contributed by atoms with Gasteiger partial charge in [0.15, 0.2) is 0 Å². The van der Waals surface area contributed by atoms with Gasteiger partial charge in [0.2, 0.25) is 5.91 Å². The molecule has 0 aromatic heterocycles. The number of carboxylic acid groups (broad SMARTS) is 2. The number of carboxylic acids is 2. The van der Waals surface area contributed by atoms with E-state index >= 15 is 0 Å². The lowest BCUT2D eigenvalue weighted by Gasteiger charge is -2.16. The van der Waals surface area contributed by atoms with E-state index in [1.54, 1.807) is 0 Å². The third-order valence-corrected chi connectivity index (χ3v) is 2.45. The fraction of sp³-hybridized carbons (Fsp3) is 0.750. The molecule has 0 aliphatic carbocycles. The minimum atomic E-state index is -1.10. The molecular weight excluding hydrogens is 252 g/mol. The fourth-order valence-electron chi connectivity index (χ4n) is 1.39. The Morgan fingerprint density at radius 1 is 1.05 bits per heavy atom. The van der Waals surface area contributed by atoms with Crippen LogP contribution in [0.5, 0.6) is 0 Å². The lowest BCUT2D eigenvalue weighted by molar-refractivity contribution is -0.140. The highest BCUT2D eigenvalue weighted by atomic mass is 16.4. The number of carbonyl (C=O) groups excluding carboxylic acids is 1. The van der Waals surface area contributed by atoms with Crippen LogP contribution >= 0.6 is 0 Å². The molecule has 1 unspecified atom stereocenters. The van der Waals surface area contributed by atoms with Gasteiger partial charge in [0, 0.05) is 13.1 Å². The first kappa shape index (κ1) is 17.4. The van der Waals surface area contributed by atoms with E-state index in [1.807, 2.05) is 13.8 Å². The molecule has 7 nitrogen and oxygen atoms in total. The Hall–Kier alpha value is -1.63. The Labute approximate surface area is 112 Å². The third-order valence-electron chi connectivity index (χ3n) is 2.45. The molecule has 1 atom stereocenters. The van der Waals surface area contributed by atoms with Crippen LogP contribution in [0.1, 0.15) is 33.1 Å². The Balaban J connectivity index is 4.18. The van der Waals surface area contributed by atoms with Crippen LogP contribution < -0.4 is 10.6 Å². The lowest BCUT2D eigenvalue weighted by Crippen LogP contribution is -2.46. The molecule has 1 amide bonds. The van der Waals surface area contributed by atoms with Gasteiger partial charge in [0.25, 0.3) is 0 Å². The van der Waals surface area contributed by atoms with Crippen molar-refractivity contribution in [1.82, 2.24) is 10.6 Å². The topological polar surface area (TPSA) is 116 Å². The van der Waals surface area contributed by atoms with Crippen LogP contribution in [0.2, 0.25) is 0 Å². The average molecular weight is 274 g/mol. The molecule has 0 saturated heterocycles. The summed E-state index contributed by atoms with van der Waals surface area (Å²) in [5.41, 5.74) is 0. The van der Waals surface area contributed by atoms with Crippen molar-refractivity contribution in [3.05, 3.63) is 0 Å². The summed E-state index contributed by atoms with van der Waals surface area (Å²) in [7, 11) is 0. The number of carbonyl (C=O) groups is 3. The molecule has 0 fully saturated rings. The van der Waals surface area contributed by atoms with Gasteiger partial charge in [-0.1, -0.05) is 13.8 Å². The molecule has 0 aromatic carbocycles. The minimum absolute atomic E-state index is 0.0604. The van der Waals surface area contributed by atoms with Crippen molar-refractivity contribution < 1.29 is 24.6 Å². The largest absolute Gasteiger partial charge is 0.481 e. The quantitative estimate of drug-likeness (QED) is 0.447. The van der Waals surface area contributed by atoms with Gasteiger partial charge in [-0.05, 0) is 12.3 Å². The highest BCUT2D eigenvalue weighted by Gasteiger charge is 2.20. The van der Waals surface area contributed by atoms with Gasteiger partial charge >= 0.3 is 11.9 Å². The summed E-state index contributed by atoms with van der Waals surface area (Å²) in [4.78, 5) is 32.8. The van der Waals surface area contributed by atoms with E-state index in [0.29, 0.717) is 12.5 Å². The van der Waals surface area contributed by atoms with Crippen LogP contribution in [0, 0.1) is 5.92 Å². The maximum atomic E-state index is 11.8. The maximum Gasteiger partial charge on any atom is 0.305 e. The van der Waals surface area contributed by atoms with E-state index in [9.17, 15) is 14.4 Å². The number of hydrogen-bond acceptors (Lipinski definition) is 4. The second-order valence-corrected chi connectivity index (χ2v) is 4.72. The predicted octanol–water partition coefficient (Wildman–Crippen LogP) is 0.0563. The Morgan fingerprint density at radius 3 is 2.16 bits per heavy atom. The van der Waals surface area contributed by atoms with E-state index in [2.05, 4.69) is 10.6 Å². The van der Waals surface area contributed by atoms with E-state index in [-0.39, 0.29) is 19.4 Å². The second kappa shape index (κ2) is 9.32. The van der Waals surface area contributed by atoms with Crippen molar-refractivity contribution in [2.24, 2.45) is 5.92 Å². The molecule has 0 aromatic rings. The maximum absolute atomic E-state index is 11.8. The van der Waals surface area contributed by atoms with E-state index in [0.717, 1.165) is 6.42 Å². The van der Waals surface area contributed by atoms with Gasteiger partial charge in [0.05, 0.1) is 18.9 Å². The second-order valence-electron chi connectivity index (χ2n) is 4.72. The summed E-state index contributed by atoms with van der Waals surface area (Å²) >= 11 is 0. The van der Waals surface area contributed by atoms with Gasteiger partial charge in [-0.3, -0.25) is 14.4 Å². The molecule has 4 N–H and O–H groups in total. The Kier molecular flexibility index (Phi) is 8.52. The molecule has 0 rings (SSSR count). The number of hydrogen-bond donors (Lipinski definition) is 4. The highest BCUT2D eigenvalue weighted by molar-refractivity contribution is 5.86. The van der Waals surface area contributed by atoms with Crippen LogP contribution in [-0.2, 0) is 14.4 Å². The molecule has 0 aliphatic heterocycles. The van der Waals surface area contributed by atoms with Crippen molar-refractivity contribution in [3.8, 4) is 0 Å². The normalized spacial score (nSPS) is 12.2. The zero-order valence-electron chi connectivity index (χ0n) is 11.3. The van der Waals surface area contributed by atoms with Crippen molar-refractivity contribution in [3.63, 3.8) is 0 Å². The first-order chi connectivity index (χ1) is 8.82. The third kappa shape index (κ3) is 10.0. The van der Waals surface area contributed by atoms with Crippen molar-refractivity contribution >= 4 is 17.8 Å². The van der Waals surface area contributed by atoms with Crippen molar-refractivity contribution in [2.75, 3.05) is 13.1 Å². The molecule has 0 spiro atoms. The van der Waals surface area contributed by atoms with Crippen LogP contribution in [0.25, 0.3) is 0 Å². The molecule has 0 saturated carbocycles. The van der Waals surface area contributed by atoms with Crippen LogP contribution in [-0.4, -0.2) is 47.2 Å². The summed E-state index contributed by atoms with van der Waals surface area (Å²) < 4.78 is 0. The number of amides is 1. The van der Waals surface area contributed by atoms with Gasteiger partial charge in [-0.15, -0.1) is 0 Å². The first-order valence-corrected chi connectivity index (χ1v) is 6.27. The summed E-state index contributed by atoms with van der Waals surface area (Å²) in [5, 5.41) is 22.5. The fourth-order valence-corrected chi connectivity index (χ4v) is 1.39. The van der Waals surface area contributed by atoms with E-state index in [4.69, 9.17) is 10.2 Å². The van der Waals surface area contributed by atoms with Gasteiger partial charge in [-0.25, -0.2) is 0 Å². The lowest BCUT2D eigenvalue weighted by atomic mass is 10.1. The summed E-state index contributed by atoms with van der Waals surface area (Å²) in [6.07, 6.45) is 0.281. The summed E-state index contributed by atoms with van der Waals surface area (Å²) in [6.45, 7) is 4.58. The molecule has 0 heterocycles. The molecule has 0 aliphatic rings. The predicted molar refractivity (Wildman–Crippen MR) is 68.8 cm³/mol. The smallest absolute Gasteiger partial charge is 0.305 e. The Bertz CT molecular complexity index is 317. The standard InChI is InChI=1S/C12H22N2O5/c1-8(2)3-5-14-12(19)9(7-11(17)18)13-6-4-10(15)16/h8-9,13H,3-7H2,1-2H3,(H,14,19)(H,15,16)(H,17,18). The molecule has 0 bridgehead atoms. The van der Waals surface area contributed by atoms with Crippen molar-refractivity contribution in [1.29, 1.82) is 0 Å². The average Bonchev–Trinajstić information content (AvgIpc) is 2.26.